The van der Waals surface area contributed by atoms with Crippen molar-refractivity contribution in [2.24, 2.45) is 0 Å². The van der Waals surface area contributed by atoms with Crippen LogP contribution in [-0.2, 0) is 0 Å². The van der Waals surface area contributed by atoms with Gasteiger partial charge in [0.05, 0.1) is 38.8 Å². The summed E-state index contributed by atoms with van der Waals surface area (Å²) in [4.78, 5) is 19.5. The van der Waals surface area contributed by atoms with E-state index in [1.165, 1.54) is 32.3 Å². The molecule has 0 spiro atoms. The second-order valence-electron chi connectivity index (χ2n) is 12.8. The van der Waals surface area contributed by atoms with Crippen molar-refractivity contribution in [3.63, 3.8) is 0 Å². The van der Waals surface area contributed by atoms with Crippen LogP contribution in [0.25, 0.3) is 81.9 Å². The number of aromatic nitrogens is 5. The summed E-state index contributed by atoms with van der Waals surface area (Å²) < 4.78 is 2.40. The van der Waals surface area contributed by atoms with Crippen molar-refractivity contribution in [2.75, 3.05) is 4.90 Å². The number of nitrogens with zero attached hydrogens (tertiary/aromatic N) is 4. The molecule has 11 aromatic rings. The van der Waals surface area contributed by atoms with Gasteiger partial charge in [0.15, 0.2) is 0 Å². The highest BCUT2D eigenvalue weighted by Crippen LogP contribution is 2.44. The van der Waals surface area contributed by atoms with E-state index in [2.05, 4.69) is 141 Å². The molecule has 11 rings (SSSR count). The Labute approximate surface area is 285 Å². The first-order valence-corrected chi connectivity index (χ1v) is 16.9. The monoisotopic (exact) mass is 640 g/mol. The minimum absolute atomic E-state index is 0.693. The van der Waals surface area contributed by atoms with Gasteiger partial charge in [-0.3, -0.25) is 0 Å². The number of anilines is 3. The van der Waals surface area contributed by atoms with Crippen molar-refractivity contribution in [3.8, 4) is 5.69 Å². The number of hydrogen-bond acceptors (Lipinski definition) is 3. The third-order valence-corrected chi connectivity index (χ3v) is 10.1. The summed E-state index contributed by atoms with van der Waals surface area (Å²) in [5, 5.41) is 9.84. The van der Waals surface area contributed by atoms with Crippen LogP contribution in [0.1, 0.15) is 0 Å². The fourth-order valence-electron chi connectivity index (χ4n) is 7.92. The van der Waals surface area contributed by atoms with Gasteiger partial charge in [0.1, 0.15) is 0 Å². The predicted molar refractivity (Wildman–Crippen MR) is 207 cm³/mol. The maximum absolute atomic E-state index is 5.08. The summed E-state index contributed by atoms with van der Waals surface area (Å²) in [7, 11) is 0. The molecule has 0 bridgehead atoms. The Balaban J connectivity index is 1.21. The first-order valence-electron chi connectivity index (χ1n) is 16.9. The van der Waals surface area contributed by atoms with Crippen LogP contribution in [0.4, 0.5) is 17.6 Å². The van der Waals surface area contributed by atoms with Gasteiger partial charge < -0.3 is 14.5 Å². The first-order chi connectivity index (χ1) is 24.8. The van der Waals surface area contributed by atoms with E-state index in [0.717, 1.165) is 55.2 Å². The second-order valence-corrected chi connectivity index (χ2v) is 12.8. The zero-order valence-electron chi connectivity index (χ0n) is 26.8. The van der Waals surface area contributed by atoms with Crippen LogP contribution >= 0.6 is 0 Å². The summed E-state index contributed by atoms with van der Waals surface area (Å²) in [6.45, 7) is 0. The van der Waals surface area contributed by atoms with E-state index in [0.29, 0.717) is 11.9 Å². The Hall–Kier alpha value is -6.92. The highest BCUT2D eigenvalue weighted by molar-refractivity contribution is 6.26. The first kappa shape index (κ1) is 27.1. The van der Waals surface area contributed by atoms with E-state index >= 15 is 0 Å². The van der Waals surface area contributed by atoms with Gasteiger partial charge in [-0.05, 0) is 86.9 Å². The molecule has 0 saturated carbocycles. The fourth-order valence-corrected chi connectivity index (χ4v) is 7.92. The lowest BCUT2D eigenvalue weighted by molar-refractivity contribution is 1.10. The number of fused-ring (bicyclic) bond motifs is 11. The lowest BCUT2D eigenvalue weighted by Gasteiger charge is -2.20. The largest absolute Gasteiger partial charge is 0.323 e. The lowest BCUT2D eigenvalue weighted by Crippen LogP contribution is -2.13. The van der Waals surface area contributed by atoms with Gasteiger partial charge in [-0.1, -0.05) is 103 Å². The molecule has 2 N–H and O–H groups in total. The van der Waals surface area contributed by atoms with Gasteiger partial charge in [0.25, 0.3) is 0 Å². The molecule has 6 heteroatoms. The van der Waals surface area contributed by atoms with Crippen molar-refractivity contribution < 1.29 is 0 Å². The second kappa shape index (κ2) is 10.3. The van der Waals surface area contributed by atoms with Gasteiger partial charge in [0, 0.05) is 16.5 Å². The molecule has 0 radical (unpaired) electrons. The van der Waals surface area contributed by atoms with E-state index in [4.69, 9.17) is 9.97 Å². The Morgan fingerprint density at radius 3 is 1.54 bits per heavy atom. The molecular weight excluding hydrogens is 613 g/mol. The van der Waals surface area contributed by atoms with Crippen molar-refractivity contribution in [1.82, 2.24) is 24.5 Å². The smallest absolute Gasteiger partial charge is 0.215 e. The van der Waals surface area contributed by atoms with Gasteiger partial charge >= 0.3 is 0 Å². The van der Waals surface area contributed by atoms with Crippen LogP contribution in [0.2, 0.25) is 0 Å². The molecule has 3 aromatic heterocycles. The number of rotatable bonds is 4. The van der Waals surface area contributed by atoms with Crippen LogP contribution in [-0.4, -0.2) is 24.5 Å². The molecule has 50 heavy (non-hydrogen) atoms. The Morgan fingerprint density at radius 1 is 0.420 bits per heavy atom. The van der Waals surface area contributed by atoms with E-state index in [-0.39, 0.29) is 0 Å². The summed E-state index contributed by atoms with van der Waals surface area (Å²) in [5.74, 6) is 1.39. The topological polar surface area (TPSA) is 65.5 Å². The van der Waals surface area contributed by atoms with Crippen molar-refractivity contribution in [2.45, 2.75) is 0 Å². The van der Waals surface area contributed by atoms with Crippen LogP contribution in [0.15, 0.2) is 158 Å². The van der Waals surface area contributed by atoms with Crippen molar-refractivity contribution in [1.29, 1.82) is 0 Å². The molecule has 234 valence electrons. The Kier molecular flexibility index (Phi) is 5.57. The van der Waals surface area contributed by atoms with E-state index in [1.807, 2.05) is 36.4 Å². The standard InChI is InChI=1S/C44H28N6/c1-2-14-30-28(12-1)29-13-3-4-15-31(29)34-26-27(24-25-32(30)34)49-39-21-10-5-16-33(39)42-40(49)22-11-23-41(42)50(43-45-35-17-6-7-18-36(35)46-43)44-47-37-19-8-9-20-38(37)48-44/h1-26H,(H,45,46)(H,47,48). The number of hydrogen-bond donors (Lipinski definition) is 2. The molecule has 0 fully saturated rings. The molecular formula is C44H28N6. The normalized spacial score (nSPS) is 12.0. The molecule has 8 aromatic carbocycles. The van der Waals surface area contributed by atoms with E-state index in [1.54, 1.807) is 0 Å². The number of para-hydroxylation sites is 5. The maximum atomic E-state index is 5.08. The highest BCUT2D eigenvalue weighted by Gasteiger charge is 2.25. The van der Waals surface area contributed by atoms with E-state index in [9.17, 15) is 0 Å². The van der Waals surface area contributed by atoms with Crippen molar-refractivity contribution >= 4 is 93.8 Å². The van der Waals surface area contributed by atoms with Gasteiger partial charge in [-0.25, -0.2) is 14.9 Å². The molecule has 0 amide bonds. The Morgan fingerprint density at radius 2 is 0.920 bits per heavy atom. The van der Waals surface area contributed by atoms with Crippen LogP contribution < -0.4 is 4.90 Å². The maximum Gasteiger partial charge on any atom is 0.215 e. The summed E-state index contributed by atoms with van der Waals surface area (Å²) in [6, 6.07) is 55.9. The molecule has 3 heterocycles. The van der Waals surface area contributed by atoms with Gasteiger partial charge in [0.2, 0.25) is 11.9 Å². The average molecular weight is 641 g/mol. The summed E-state index contributed by atoms with van der Waals surface area (Å²) in [5.41, 5.74) is 8.05. The Bertz CT molecular complexity index is 2950. The third kappa shape index (κ3) is 3.84. The minimum atomic E-state index is 0.693. The lowest BCUT2D eigenvalue weighted by atomic mass is 9.94. The molecule has 0 aliphatic carbocycles. The highest BCUT2D eigenvalue weighted by atomic mass is 15.3. The molecule has 0 aliphatic rings. The summed E-state index contributed by atoms with van der Waals surface area (Å²) >= 11 is 0. The number of nitrogens with one attached hydrogen (secondary N) is 2. The van der Waals surface area contributed by atoms with Crippen LogP contribution in [0.3, 0.4) is 0 Å². The molecule has 0 saturated heterocycles. The number of benzene rings is 8. The molecule has 0 atom stereocenters. The fraction of sp³-hybridized carbons (Fsp3) is 0. The number of aromatic amines is 2. The number of imidazole rings is 2. The SMILES string of the molecule is c1ccc2[nH]c(N(c3nc4ccccc4[nH]3)c3cccc4c3c3ccccc3n4-c3ccc4c5ccccc5c5ccccc5c4c3)nc2c1. The zero-order chi connectivity index (χ0) is 32.8. The van der Waals surface area contributed by atoms with E-state index < -0.39 is 0 Å². The molecule has 0 unspecified atom stereocenters. The molecule has 0 aliphatic heterocycles. The number of H-pyrrole nitrogens is 2. The van der Waals surface area contributed by atoms with Crippen LogP contribution in [0.5, 0.6) is 0 Å². The van der Waals surface area contributed by atoms with Crippen LogP contribution in [0, 0.1) is 0 Å². The zero-order valence-corrected chi connectivity index (χ0v) is 26.8. The minimum Gasteiger partial charge on any atom is -0.323 e. The predicted octanol–water partition coefficient (Wildman–Crippen LogP) is 11.5. The van der Waals surface area contributed by atoms with Gasteiger partial charge in [-0.15, -0.1) is 0 Å². The van der Waals surface area contributed by atoms with Crippen molar-refractivity contribution in [3.05, 3.63) is 158 Å². The third-order valence-electron chi connectivity index (χ3n) is 10.1. The molecule has 6 nitrogen and oxygen atoms in total. The average Bonchev–Trinajstić information content (AvgIpc) is 3.89. The van der Waals surface area contributed by atoms with Gasteiger partial charge in [-0.2, -0.15) is 0 Å². The quantitative estimate of drug-likeness (QED) is 0.188. The summed E-state index contributed by atoms with van der Waals surface area (Å²) in [6.07, 6.45) is 0.